The molecule has 0 radical (unpaired) electrons. The second-order valence-corrected chi connectivity index (χ2v) is 5.34. The van der Waals surface area contributed by atoms with Crippen LogP contribution >= 0.6 is 0 Å². The molecule has 118 valence electrons. The minimum atomic E-state index is -0.264. The summed E-state index contributed by atoms with van der Waals surface area (Å²) < 4.78 is 12.8. The van der Waals surface area contributed by atoms with E-state index in [0.29, 0.717) is 0 Å². The van der Waals surface area contributed by atoms with Crippen LogP contribution in [0, 0.1) is 41.3 Å². The second-order valence-electron chi connectivity index (χ2n) is 5.34. The molecule has 1 heteroatoms. The minimum Gasteiger partial charge on any atom is -0.207 e. The molecule has 0 saturated heterocycles. The summed E-state index contributed by atoms with van der Waals surface area (Å²) in [5, 5.41) is 0. The molecule has 0 spiro atoms. The maximum atomic E-state index is 12.8. The van der Waals surface area contributed by atoms with Gasteiger partial charge in [0.15, 0.2) is 0 Å². The Balaban J connectivity index is 1.92. The van der Waals surface area contributed by atoms with Crippen LogP contribution in [0.1, 0.15) is 49.3 Å². The van der Waals surface area contributed by atoms with E-state index in [0.717, 1.165) is 23.1 Å². The highest BCUT2D eigenvalue weighted by atomic mass is 19.1. The summed E-state index contributed by atoms with van der Waals surface area (Å²) in [6, 6.07) is 13.9. The van der Waals surface area contributed by atoms with Crippen LogP contribution in [0.5, 0.6) is 0 Å². The molecule has 0 bridgehead atoms. The van der Waals surface area contributed by atoms with Crippen molar-refractivity contribution in [1.29, 1.82) is 0 Å². The normalized spacial score (nSPS) is 8.92. The minimum absolute atomic E-state index is 0.264. The fraction of sp³-hybridized carbons (Fsp3) is 0.217. The van der Waals surface area contributed by atoms with Crippen LogP contribution in [-0.4, -0.2) is 0 Å². The number of benzene rings is 2. The van der Waals surface area contributed by atoms with E-state index in [4.69, 9.17) is 0 Å². The summed E-state index contributed by atoms with van der Waals surface area (Å²) in [5.41, 5.74) is 2.66. The Morgan fingerprint density at radius 3 is 1.75 bits per heavy atom. The molecule has 24 heavy (non-hydrogen) atoms. The van der Waals surface area contributed by atoms with Crippen LogP contribution < -0.4 is 0 Å². The van der Waals surface area contributed by atoms with E-state index in [1.807, 2.05) is 24.3 Å². The highest BCUT2D eigenvalue weighted by Gasteiger charge is 1.89. The van der Waals surface area contributed by atoms with Crippen LogP contribution in [-0.2, 0) is 0 Å². The molecule has 0 amide bonds. The summed E-state index contributed by atoms with van der Waals surface area (Å²) in [7, 11) is 0. The fourth-order valence-electron chi connectivity index (χ4n) is 2.00. The predicted molar refractivity (Wildman–Crippen MR) is 97.6 cm³/mol. The van der Waals surface area contributed by atoms with Gasteiger partial charge in [0.2, 0.25) is 0 Å². The fourth-order valence-corrected chi connectivity index (χ4v) is 2.00. The SMILES string of the molecule is CCCCCC#Cc1ccc(C#CC#Cc2ccc(F)cc2)cc1. The molecule has 0 atom stereocenters. The van der Waals surface area contributed by atoms with Gasteiger partial charge in [-0.15, -0.1) is 0 Å². The maximum absolute atomic E-state index is 12.8. The van der Waals surface area contributed by atoms with Crippen LogP contribution in [0.3, 0.4) is 0 Å². The van der Waals surface area contributed by atoms with Gasteiger partial charge in [0.25, 0.3) is 0 Å². The van der Waals surface area contributed by atoms with Crippen molar-refractivity contribution in [3.63, 3.8) is 0 Å². The Morgan fingerprint density at radius 2 is 1.21 bits per heavy atom. The standard InChI is InChI=1S/C23H19F/c1-2-3-4-5-6-9-20-12-14-21(15-13-20)10-7-8-11-22-16-18-23(24)19-17-22/h12-19H,2-5H2,1H3. The van der Waals surface area contributed by atoms with Gasteiger partial charge < -0.3 is 0 Å². The van der Waals surface area contributed by atoms with E-state index in [9.17, 15) is 4.39 Å². The quantitative estimate of drug-likeness (QED) is 0.542. The number of unbranched alkanes of at least 4 members (excludes halogenated alkanes) is 3. The van der Waals surface area contributed by atoms with Gasteiger partial charge >= 0.3 is 0 Å². The van der Waals surface area contributed by atoms with Crippen molar-refractivity contribution in [3.8, 4) is 35.5 Å². The zero-order valence-corrected chi connectivity index (χ0v) is 13.8. The molecule has 0 heterocycles. The molecule has 2 aromatic carbocycles. The lowest BCUT2D eigenvalue weighted by atomic mass is 10.1. The second kappa shape index (κ2) is 9.94. The topological polar surface area (TPSA) is 0 Å². The summed E-state index contributed by atoms with van der Waals surface area (Å²) in [4.78, 5) is 0. The monoisotopic (exact) mass is 314 g/mol. The van der Waals surface area contributed by atoms with E-state index in [2.05, 4.69) is 42.4 Å². The van der Waals surface area contributed by atoms with Crippen molar-refractivity contribution in [2.24, 2.45) is 0 Å². The van der Waals surface area contributed by atoms with E-state index < -0.39 is 0 Å². The van der Waals surface area contributed by atoms with Crippen LogP contribution in [0.2, 0.25) is 0 Å². The summed E-state index contributed by atoms with van der Waals surface area (Å²) >= 11 is 0. The molecule has 0 aliphatic rings. The average molecular weight is 314 g/mol. The van der Waals surface area contributed by atoms with Crippen LogP contribution in [0.4, 0.5) is 4.39 Å². The summed E-state index contributed by atoms with van der Waals surface area (Å²) in [6.07, 6.45) is 4.58. The van der Waals surface area contributed by atoms with Crippen molar-refractivity contribution in [2.45, 2.75) is 32.6 Å². The zero-order chi connectivity index (χ0) is 17.0. The molecule has 0 saturated carbocycles. The Bertz CT molecular complexity index is 823. The lowest BCUT2D eigenvalue weighted by Gasteiger charge is -1.92. The summed E-state index contributed by atoms with van der Waals surface area (Å²) in [6.45, 7) is 2.19. The molecule has 0 N–H and O–H groups in total. The highest BCUT2D eigenvalue weighted by Crippen LogP contribution is 2.03. The number of halogens is 1. The Labute approximate surface area is 144 Å². The first-order valence-corrected chi connectivity index (χ1v) is 8.14. The lowest BCUT2D eigenvalue weighted by molar-refractivity contribution is 0.627. The molecular formula is C23H19F. The molecule has 0 unspecified atom stereocenters. The van der Waals surface area contributed by atoms with Gasteiger partial charge in [-0.3, -0.25) is 0 Å². The molecule has 0 aliphatic heterocycles. The van der Waals surface area contributed by atoms with Gasteiger partial charge in [0.1, 0.15) is 5.82 Å². The Morgan fingerprint density at radius 1 is 0.708 bits per heavy atom. The van der Waals surface area contributed by atoms with Gasteiger partial charge in [0, 0.05) is 23.1 Å². The Kier molecular flexibility index (Phi) is 7.21. The van der Waals surface area contributed by atoms with Crippen molar-refractivity contribution in [2.75, 3.05) is 0 Å². The first kappa shape index (κ1) is 17.4. The third kappa shape index (κ3) is 6.44. The van der Waals surface area contributed by atoms with Gasteiger partial charge in [-0.25, -0.2) is 4.39 Å². The molecule has 0 aliphatic carbocycles. The van der Waals surface area contributed by atoms with Crippen LogP contribution in [0.15, 0.2) is 48.5 Å². The summed E-state index contributed by atoms with van der Waals surface area (Å²) in [5.74, 6) is 17.6. The zero-order valence-electron chi connectivity index (χ0n) is 13.8. The van der Waals surface area contributed by atoms with E-state index in [1.165, 1.54) is 31.4 Å². The molecule has 0 nitrogen and oxygen atoms in total. The van der Waals surface area contributed by atoms with E-state index in [-0.39, 0.29) is 5.82 Å². The van der Waals surface area contributed by atoms with Crippen molar-refractivity contribution >= 4 is 0 Å². The smallest absolute Gasteiger partial charge is 0.123 e. The molecule has 2 aromatic rings. The third-order valence-corrected chi connectivity index (χ3v) is 3.34. The van der Waals surface area contributed by atoms with Gasteiger partial charge in [-0.2, -0.15) is 0 Å². The largest absolute Gasteiger partial charge is 0.207 e. The molecule has 0 fully saturated rings. The number of rotatable bonds is 3. The first-order valence-electron chi connectivity index (χ1n) is 8.14. The van der Waals surface area contributed by atoms with Gasteiger partial charge in [-0.05, 0) is 66.8 Å². The number of hydrogen-bond acceptors (Lipinski definition) is 0. The highest BCUT2D eigenvalue weighted by molar-refractivity contribution is 5.46. The number of hydrogen-bond donors (Lipinski definition) is 0. The van der Waals surface area contributed by atoms with Crippen LogP contribution in [0.25, 0.3) is 0 Å². The molecule has 2 rings (SSSR count). The maximum Gasteiger partial charge on any atom is 0.123 e. The predicted octanol–water partition coefficient (Wildman–Crippen LogP) is 5.16. The van der Waals surface area contributed by atoms with Crippen molar-refractivity contribution in [1.82, 2.24) is 0 Å². The lowest BCUT2D eigenvalue weighted by Crippen LogP contribution is -1.78. The average Bonchev–Trinajstić information content (AvgIpc) is 2.61. The Hall–Kier alpha value is -2.95. The first-order chi connectivity index (χ1) is 11.8. The third-order valence-electron chi connectivity index (χ3n) is 3.34. The molecular weight excluding hydrogens is 295 g/mol. The molecule has 0 aromatic heterocycles. The van der Waals surface area contributed by atoms with Crippen molar-refractivity contribution in [3.05, 3.63) is 71.0 Å². The van der Waals surface area contributed by atoms with Crippen molar-refractivity contribution < 1.29 is 4.39 Å². The van der Waals surface area contributed by atoms with E-state index >= 15 is 0 Å². The van der Waals surface area contributed by atoms with Gasteiger partial charge in [-0.1, -0.05) is 43.4 Å². The van der Waals surface area contributed by atoms with E-state index in [1.54, 1.807) is 12.1 Å². The van der Waals surface area contributed by atoms with Gasteiger partial charge in [0.05, 0.1) is 0 Å².